The van der Waals surface area contributed by atoms with Crippen molar-refractivity contribution in [2.75, 3.05) is 38.1 Å². The van der Waals surface area contributed by atoms with E-state index in [1.165, 1.54) is 0 Å². The lowest BCUT2D eigenvalue weighted by Crippen LogP contribution is -2.45. The molecule has 2 N–H and O–H groups in total. The molecule has 0 spiro atoms. The molecule has 0 atom stereocenters. The third-order valence-electron chi connectivity index (χ3n) is 2.75. The maximum Gasteiger partial charge on any atom is 0.266 e. The molecule has 2 rings (SSSR count). The molecule has 6 nitrogen and oxygen atoms in total. The first-order chi connectivity index (χ1) is 7.47. The van der Waals surface area contributed by atoms with Gasteiger partial charge in [-0.25, -0.2) is 0 Å². The van der Waals surface area contributed by atoms with Crippen LogP contribution in [0.15, 0.2) is 4.52 Å². The van der Waals surface area contributed by atoms with Gasteiger partial charge in [0, 0.05) is 26.2 Å². The normalized spacial score (nSPS) is 19.1. The Labute approximate surface area is 95.4 Å². The minimum absolute atomic E-state index is 0.487. The summed E-state index contributed by atoms with van der Waals surface area (Å²) in [6.45, 7) is 7.62. The fourth-order valence-corrected chi connectivity index (χ4v) is 1.61. The minimum atomic E-state index is -0.572. The molecule has 1 aliphatic heterocycles. The van der Waals surface area contributed by atoms with Crippen molar-refractivity contribution in [3.63, 3.8) is 0 Å². The van der Waals surface area contributed by atoms with Gasteiger partial charge in [-0.1, -0.05) is 0 Å². The van der Waals surface area contributed by atoms with Gasteiger partial charge < -0.3 is 20.1 Å². The van der Waals surface area contributed by atoms with E-state index in [2.05, 4.69) is 27.0 Å². The molecule has 2 heterocycles. The zero-order chi connectivity index (χ0) is 11.8. The van der Waals surface area contributed by atoms with Gasteiger partial charge in [0.25, 0.3) is 5.95 Å². The fourth-order valence-electron chi connectivity index (χ4n) is 1.61. The summed E-state index contributed by atoms with van der Waals surface area (Å²) in [6, 6.07) is 0. The Hall–Kier alpha value is -1.14. The van der Waals surface area contributed by atoms with Gasteiger partial charge in [-0.3, -0.25) is 0 Å². The van der Waals surface area contributed by atoms with E-state index >= 15 is 0 Å². The van der Waals surface area contributed by atoms with E-state index in [4.69, 9.17) is 10.3 Å². The largest absolute Gasteiger partial charge is 0.336 e. The first-order valence-electron chi connectivity index (χ1n) is 5.53. The second-order valence-electron chi connectivity index (χ2n) is 4.91. The van der Waals surface area contributed by atoms with E-state index in [-0.39, 0.29) is 0 Å². The predicted octanol–water partition coefficient (Wildman–Crippen LogP) is 0.0152. The van der Waals surface area contributed by atoms with E-state index in [9.17, 15) is 0 Å². The summed E-state index contributed by atoms with van der Waals surface area (Å²) in [6.07, 6.45) is 0. The average molecular weight is 225 g/mol. The van der Waals surface area contributed by atoms with Crippen molar-refractivity contribution >= 4 is 5.95 Å². The zero-order valence-corrected chi connectivity index (χ0v) is 10.1. The van der Waals surface area contributed by atoms with Crippen LogP contribution in [-0.2, 0) is 5.54 Å². The minimum Gasteiger partial charge on any atom is -0.336 e. The fraction of sp³-hybridized carbons (Fsp3) is 0.800. The molecule has 0 radical (unpaired) electrons. The number of aromatic nitrogens is 2. The second-order valence-corrected chi connectivity index (χ2v) is 4.91. The molecule has 0 aromatic carbocycles. The molecular weight excluding hydrogens is 206 g/mol. The third kappa shape index (κ3) is 2.33. The van der Waals surface area contributed by atoms with Crippen LogP contribution in [0.5, 0.6) is 0 Å². The third-order valence-corrected chi connectivity index (χ3v) is 2.75. The molecule has 1 aromatic rings. The van der Waals surface area contributed by atoms with Crippen molar-refractivity contribution < 1.29 is 4.52 Å². The highest BCUT2D eigenvalue weighted by molar-refractivity contribution is 5.29. The van der Waals surface area contributed by atoms with Gasteiger partial charge in [0.15, 0.2) is 0 Å². The molecule has 1 saturated heterocycles. The Balaban J connectivity index is 2.08. The Morgan fingerprint density at radius 3 is 2.38 bits per heavy atom. The van der Waals surface area contributed by atoms with Crippen molar-refractivity contribution in [3.05, 3.63) is 5.89 Å². The number of piperazine rings is 1. The van der Waals surface area contributed by atoms with E-state index in [1.54, 1.807) is 0 Å². The molecule has 6 heteroatoms. The summed E-state index contributed by atoms with van der Waals surface area (Å²) < 4.78 is 5.17. The lowest BCUT2D eigenvalue weighted by atomic mass is 10.1. The first kappa shape index (κ1) is 11.3. The summed E-state index contributed by atoms with van der Waals surface area (Å²) in [4.78, 5) is 8.74. The van der Waals surface area contributed by atoms with Crippen LogP contribution in [0.4, 0.5) is 5.95 Å². The van der Waals surface area contributed by atoms with Crippen LogP contribution in [0.3, 0.4) is 0 Å². The van der Waals surface area contributed by atoms with Gasteiger partial charge in [0.05, 0.1) is 5.54 Å². The maximum atomic E-state index is 5.90. The van der Waals surface area contributed by atoms with Crippen LogP contribution in [-0.4, -0.2) is 48.3 Å². The van der Waals surface area contributed by atoms with Crippen molar-refractivity contribution in [2.24, 2.45) is 5.73 Å². The topological polar surface area (TPSA) is 71.4 Å². The molecule has 0 saturated carbocycles. The summed E-state index contributed by atoms with van der Waals surface area (Å²) in [5, 5.41) is 3.97. The molecule has 0 unspecified atom stereocenters. The standard InChI is InChI=1S/C10H19N5O/c1-10(2,11)8-12-9(13-16-8)15-6-4-14(3)5-7-15/h4-7,11H2,1-3H3. The molecule has 90 valence electrons. The molecule has 1 aliphatic rings. The maximum absolute atomic E-state index is 5.90. The Bertz CT molecular complexity index is 348. The van der Waals surface area contributed by atoms with Gasteiger partial charge >= 0.3 is 0 Å². The van der Waals surface area contributed by atoms with Crippen LogP contribution < -0.4 is 10.6 Å². The summed E-state index contributed by atoms with van der Waals surface area (Å²) in [7, 11) is 2.11. The molecule has 16 heavy (non-hydrogen) atoms. The monoisotopic (exact) mass is 225 g/mol. The van der Waals surface area contributed by atoms with Gasteiger partial charge in [0.1, 0.15) is 0 Å². The first-order valence-corrected chi connectivity index (χ1v) is 5.53. The van der Waals surface area contributed by atoms with E-state index < -0.39 is 5.54 Å². The quantitative estimate of drug-likeness (QED) is 0.765. The smallest absolute Gasteiger partial charge is 0.266 e. The molecule has 0 aliphatic carbocycles. The number of nitrogens with two attached hydrogens (primary N) is 1. The summed E-state index contributed by atoms with van der Waals surface area (Å²) in [5.74, 6) is 1.14. The number of hydrogen-bond acceptors (Lipinski definition) is 6. The lowest BCUT2D eigenvalue weighted by molar-refractivity contribution is 0.302. The lowest BCUT2D eigenvalue weighted by Gasteiger charge is -2.31. The molecule has 0 amide bonds. The predicted molar refractivity (Wildman–Crippen MR) is 61.2 cm³/mol. The number of anilines is 1. The van der Waals surface area contributed by atoms with E-state index in [1.807, 2.05) is 13.8 Å². The summed E-state index contributed by atoms with van der Waals surface area (Å²) >= 11 is 0. The van der Waals surface area contributed by atoms with Crippen molar-refractivity contribution in [1.82, 2.24) is 15.0 Å². The Kier molecular flexibility index (Phi) is 2.86. The van der Waals surface area contributed by atoms with Gasteiger partial charge in [-0.05, 0) is 26.1 Å². The van der Waals surface area contributed by atoms with Crippen LogP contribution in [0, 0.1) is 0 Å². The van der Waals surface area contributed by atoms with Crippen molar-refractivity contribution in [2.45, 2.75) is 19.4 Å². The highest BCUT2D eigenvalue weighted by Crippen LogP contribution is 2.18. The summed E-state index contributed by atoms with van der Waals surface area (Å²) in [5.41, 5.74) is 5.33. The molecule has 1 fully saturated rings. The average Bonchev–Trinajstić information content (AvgIpc) is 2.67. The van der Waals surface area contributed by atoms with Gasteiger partial charge in [-0.15, -0.1) is 0 Å². The number of nitrogens with zero attached hydrogens (tertiary/aromatic N) is 4. The van der Waals surface area contributed by atoms with Gasteiger partial charge in [-0.2, -0.15) is 4.98 Å². The highest BCUT2D eigenvalue weighted by atomic mass is 16.5. The second kappa shape index (κ2) is 4.03. The van der Waals surface area contributed by atoms with Crippen LogP contribution in [0.2, 0.25) is 0 Å². The molecule has 0 bridgehead atoms. The van der Waals surface area contributed by atoms with E-state index in [0.29, 0.717) is 11.8 Å². The SMILES string of the molecule is CN1CCN(c2noc(C(C)(C)N)n2)CC1. The number of hydrogen-bond donors (Lipinski definition) is 1. The number of rotatable bonds is 2. The van der Waals surface area contributed by atoms with Crippen molar-refractivity contribution in [3.8, 4) is 0 Å². The van der Waals surface area contributed by atoms with Crippen LogP contribution >= 0.6 is 0 Å². The zero-order valence-electron chi connectivity index (χ0n) is 10.1. The van der Waals surface area contributed by atoms with Crippen LogP contribution in [0.1, 0.15) is 19.7 Å². The highest BCUT2D eigenvalue weighted by Gasteiger charge is 2.25. The number of likely N-dealkylation sites (N-methyl/N-ethyl adjacent to an activating group) is 1. The Morgan fingerprint density at radius 2 is 1.88 bits per heavy atom. The van der Waals surface area contributed by atoms with Crippen molar-refractivity contribution in [1.29, 1.82) is 0 Å². The molecule has 1 aromatic heterocycles. The van der Waals surface area contributed by atoms with Crippen LogP contribution in [0.25, 0.3) is 0 Å². The van der Waals surface area contributed by atoms with Gasteiger partial charge in [0.2, 0.25) is 5.89 Å². The van der Waals surface area contributed by atoms with E-state index in [0.717, 1.165) is 26.2 Å². The molecular formula is C10H19N5O. The Morgan fingerprint density at radius 1 is 1.25 bits per heavy atom.